The molecule has 0 saturated carbocycles. The van der Waals surface area contributed by atoms with Gasteiger partial charge in [-0.15, -0.1) is 0 Å². The molecule has 0 radical (unpaired) electrons. The van der Waals surface area contributed by atoms with Crippen molar-refractivity contribution in [2.24, 2.45) is 0 Å². The van der Waals surface area contributed by atoms with Gasteiger partial charge in [0, 0.05) is 0 Å². The molecule has 0 unspecified atom stereocenters. The number of methoxy groups -OCH3 is 1. The molecular formula is C7H6Cl2N2O3. The topological polar surface area (TPSA) is 62.7 Å². The molecule has 0 atom stereocenters. The Hall–Kier alpha value is -1.04. The highest BCUT2D eigenvalue weighted by Gasteiger charge is 2.17. The van der Waals surface area contributed by atoms with E-state index in [0.717, 1.165) is 7.11 Å². The zero-order valence-corrected chi connectivity index (χ0v) is 8.58. The van der Waals surface area contributed by atoms with Crippen LogP contribution in [0.3, 0.4) is 0 Å². The molecule has 0 fully saturated rings. The SMILES string of the molecule is COC(=O)N(O)c1ccc(Cl)nc1Cl. The standard InChI is InChI=1S/C7H6Cl2N2O3/c1-14-7(12)11(13)4-2-3-5(8)10-6(4)9/h2-3,13H,1H3. The van der Waals surface area contributed by atoms with Crippen molar-refractivity contribution in [1.82, 2.24) is 4.98 Å². The molecule has 0 aliphatic carbocycles. The molecule has 7 heteroatoms. The molecule has 1 amide bonds. The molecule has 1 aromatic rings. The second-order valence-electron chi connectivity index (χ2n) is 2.23. The average molecular weight is 237 g/mol. The van der Waals surface area contributed by atoms with Gasteiger partial charge < -0.3 is 4.74 Å². The summed E-state index contributed by atoms with van der Waals surface area (Å²) in [6, 6.07) is 2.73. The second kappa shape index (κ2) is 4.45. The van der Waals surface area contributed by atoms with Crippen LogP contribution in [0.2, 0.25) is 10.3 Å². The summed E-state index contributed by atoms with van der Waals surface area (Å²) in [5.74, 6) is 0. The number of hydroxylamine groups is 1. The Bertz CT molecular complexity index is 359. The molecule has 0 spiro atoms. The van der Waals surface area contributed by atoms with E-state index < -0.39 is 6.09 Å². The van der Waals surface area contributed by atoms with Crippen LogP contribution in [0, 0.1) is 0 Å². The summed E-state index contributed by atoms with van der Waals surface area (Å²) in [5, 5.41) is 9.57. The number of pyridine rings is 1. The molecule has 1 N–H and O–H groups in total. The van der Waals surface area contributed by atoms with Crippen LogP contribution in [0.15, 0.2) is 12.1 Å². The Kier molecular flexibility index (Phi) is 3.51. The van der Waals surface area contributed by atoms with Gasteiger partial charge in [-0.25, -0.2) is 9.78 Å². The van der Waals surface area contributed by atoms with E-state index in [4.69, 9.17) is 23.2 Å². The fraction of sp³-hybridized carbons (Fsp3) is 0.143. The van der Waals surface area contributed by atoms with Gasteiger partial charge in [0.15, 0.2) is 5.15 Å². The molecule has 1 rings (SSSR count). The van der Waals surface area contributed by atoms with E-state index in [0.29, 0.717) is 0 Å². The van der Waals surface area contributed by atoms with Crippen LogP contribution in [-0.2, 0) is 4.74 Å². The van der Waals surface area contributed by atoms with Crippen LogP contribution >= 0.6 is 23.2 Å². The fourth-order valence-electron chi connectivity index (χ4n) is 0.748. The lowest BCUT2D eigenvalue weighted by atomic mass is 10.4. The van der Waals surface area contributed by atoms with E-state index >= 15 is 0 Å². The number of carbonyl (C=O) groups is 1. The largest absolute Gasteiger partial charge is 0.451 e. The van der Waals surface area contributed by atoms with Crippen LogP contribution < -0.4 is 5.06 Å². The van der Waals surface area contributed by atoms with Crippen LogP contribution in [0.4, 0.5) is 10.5 Å². The lowest BCUT2D eigenvalue weighted by Crippen LogP contribution is -2.27. The number of rotatable bonds is 1. The summed E-state index contributed by atoms with van der Waals surface area (Å²) in [7, 11) is 1.13. The number of halogens is 2. The predicted molar refractivity (Wildman–Crippen MR) is 50.9 cm³/mol. The Morgan fingerprint density at radius 3 is 2.71 bits per heavy atom. The van der Waals surface area contributed by atoms with Crippen LogP contribution in [0.1, 0.15) is 0 Å². The van der Waals surface area contributed by atoms with Gasteiger partial charge in [0.1, 0.15) is 10.8 Å². The summed E-state index contributed by atoms with van der Waals surface area (Å²) < 4.78 is 4.27. The van der Waals surface area contributed by atoms with E-state index in [9.17, 15) is 10.0 Å². The minimum Gasteiger partial charge on any atom is -0.451 e. The number of nitrogens with zero attached hydrogens (tertiary/aromatic N) is 2. The highest BCUT2D eigenvalue weighted by atomic mass is 35.5. The van der Waals surface area contributed by atoms with Gasteiger partial charge in [-0.05, 0) is 12.1 Å². The van der Waals surface area contributed by atoms with E-state index in [1.54, 1.807) is 0 Å². The first-order valence-corrected chi connectivity index (χ1v) is 4.21. The van der Waals surface area contributed by atoms with Crippen LogP contribution in [0.25, 0.3) is 0 Å². The number of anilines is 1. The van der Waals surface area contributed by atoms with Gasteiger partial charge >= 0.3 is 6.09 Å². The van der Waals surface area contributed by atoms with Crippen molar-refractivity contribution in [2.45, 2.75) is 0 Å². The molecule has 0 saturated heterocycles. The number of aromatic nitrogens is 1. The molecule has 76 valence electrons. The summed E-state index contributed by atoms with van der Waals surface area (Å²) in [4.78, 5) is 14.5. The molecule has 1 aromatic heterocycles. The van der Waals surface area contributed by atoms with E-state index in [-0.39, 0.29) is 21.1 Å². The van der Waals surface area contributed by atoms with Crippen LogP contribution in [-0.4, -0.2) is 23.4 Å². The number of hydrogen-bond donors (Lipinski definition) is 1. The predicted octanol–water partition coefficient (Wildman–Crippen LogP) is 2.35. The molecule has 14 heavy (non-hydrogen) atoms. The maximum absolute atomic E-state index is 10.9. The summed E-state index contributed by atoms with van der Waals surface area (Å²) >= 11 is 11.1. The molecule has 0 aliphatic heterocycles. The molecule has 0 aliphatic rings. The maximum atomic E-state index is 10.9. The third kappa shape index (κ3) is 2.25. The minimum atomic E-state index is -0.962. The van der Waals surface area contributed by atoms with Crippen molar-refractivity contribution >= 4 is 35.0 Å². The quantitative estimate of drug-likeness (QED) is 0.462. The first kappa shape index (κ1) is 11.0. The Balaban J connectivity index is 3.01. The van der Waals surface area contributed by atoms with E-state index in [1.807, 2.05) is 0 Å². The minimum absolute atomic E-state index is 0.00270. The van der Waals surface area contributed by atoms with Crippen molar-refractivity contribution in [2.75, 3.05) is 12.2 Å². The van der Waals surface area contributed by atoms with Crippen LogP contribution in [0.5, 0.6) is 0 Å². The maximum Gasteiger partial charge on any atom is 0.438 e. The van der Waals surface area contributed by atoms with Crippen molar-refractivity contribution < 1.29 is 14.7 Å². The van der Waals surface area contributed by atoms with Crippen molar-refractivity contribution in [3.63, 3.8) is 0 Å². The van der Waals surface area contributed by atoms with E-state index in [1.165, 1.54) is 12.1 Å². The number of carbonyl (C=O) groups excluding carboxylic acids is 1. The van der Waals surface area contributed by atoms with Gasteiger partial charge in [0.05, 0.1) is 7.11 Å². The molecule has 5 nitrogen and oxygen atoms in total. The Morgan fingerprint density at radius 2 is 2.21 bits per heavy atom. The van der Waals surface area contributed by atoms with Crippen molar-refractivity contribution in [3.05, 3.63) is 22.4 Å². The lowest BCUT2D eigenvalue weighted by Gasteiger charge is -2.13. The third-order valence-electron chi connectivity index (χ3n) is 1.37. The smallest absolute Gasteiger partial charge is 0.438 e. The summed E-state index contributed by atoms with van der Waals surface area (Å²) in [6.07, 6.45) is -0.962. The Labute approximate surface area is 89.8 Å². The third-order valence-corrected chi connectivity index (χ3v) is 1.86. The molecule has 1 heterocycles. The molecule has 0 aromatic carbocycles. The number of hydrogen-bond acceptors (Lipinski definition) is 4. The van der Waals surface area contributed by atoms with Gasteiger partial charge in [-0.3, -0.25) is 5.21 Å². The van der Waals surface area contributed by atoms with Gasteiger partial charge in [0.2, 0.25) is 0 Å². The highest BCUT2D eigenvalue weighted by Crippen LogP contribution is 2.24. The molecular weight excluding hydrogens is 231 g/mol. The zero-order valence-electron chi connectivity index (χ0n) is 7.07. The average Bonchev–Trinajstić information content (AvgIpc) is 2.15. The van der Waals surface area contributed by atoms with Gasteiger partial charge in [0.25, 0.3) is 0 Å². The monoisotopic (exact) mass is 236 g/mol. The first-order chi connectivity index (χ1) is 6.56. The van der Waals surface area contributed by atoms with Crippen molar-refractivity contribution in [1.29, 1.82) is 0 Å². The van der Waals surface area contributed by atoms with Crippen molar-refractivity contribution in [3.8, 4) is 0 Å². The normalized spacial score (nSPS) is 9.71. The Morgan fingerprint density at radius 1 is 1.57 bits per heavy atom. The number of amides is 1. The summed E-state index contributed by atoms with van der Waals surface area (Å²) in [6.45, 7) is 0. The highest BCUT2D eigenvalue weighted by molar-refractivity contribution is 6.34. The van der Waals surface area contributed by atoms with Gasteiger partial charge in [-0.1, -0.05) is 23.2 Å². The first-order valence-electron chi connectivity index (χ1n) is 3.45. The second-order valence-corrected chi connectivity index (χ2v) is 2.97. The summed E-state index contributed by atoms with van der Waals surface area (Å²) in [5.41, 5.74) is 0.00270. The number of ether oxygens (including phenoxy) is 1. The fourth-order valence-corrected chi connectivity index (χ4v) is 1.17. The van der Waals surface area contributed by atoms with E-state index in [2.05, 4.69) is 9.72 Å². The lowest BCUT2D eigenvalue weighted by molar-refractivity contribution is 0.141. The molecule has 0 bridgehead atoms. The zero-order chi connectivity index (χ0) is 10.7. The van der Waals surface area contributed by atoms with Gasteiger partial charge in [-0.2, -0.15) is 5.06 Å².